The van der Waals surface area contributed by atoms with E-state index in [4.69, 9.17) is 25.4 Å². The van der Waals surface area contributed by atoms with E-state index in [0.717, 1.165) is 13.0 Å². The fourth-order valence-corrected chi connectivity index (χ4v) is 2.44. The van der Waals surface area contributed by atoms with E-state index in [0.29, 0.717) is 17.9 Å². The molecule has 3 N–H and O–H groups in total. The van der Waals surface area contributed by atoms with E-state index < -0.39 is 0 Å². The Labute approximate surface area is 105 Å². The van der Waals surface area contributed by atoms with Gasteiger partial charge in [-0.15, -0.1) is 0 Å². The van der Waals surface area contributed by atoms with Crippen LogP contribution in [0.25, 0.3) is 0 Å². The number of fused-ring (bicyclic) bond motifs is 1. The van der Waals surface area contributed by atoms with Gasteiger partial charge in [-0.1, -0.05) is 12.1 Å². The summed E-state index contributed by atoms with van der Waals surface area (Å²) in [5.74, 6) is 0.741. The average Bonchev–Trinajstić information content (AvgIpc) is 2.94. The molecule has 0 bridgehead atoms. The zero-order chi connectivity index (χ0) is 12.5. The molecule has 0 aliphatic carbocycles. The van der Waals surface area contributed by atoms with Crippen molar-refractivity contribution in [3.8, 4) is 5.75 Å². The summed E-state index contributed by atoms with van der Waals surface area (Å²) in [7, 11) is 0. The lowest BCUT2D eigenvalue weighted by molar-refractivity contribution is 0.0308. The predicted octanol–water partition coefficient (Wildman–Crippen LogP) is 0.906. The summed E-state index contributed by atoms with van der Waals surface area (Å²) in [6.45, 7) is 1.29. The monoisotopic (exact) mass is 248 g/mol. The second-order valence-electron chi connectivity index (χ2n) is 4.59. The van der Waals surface area contributed by atoms with Gasteiger partial charge in [0.05, 0.1) is 12.7 Å². The SMILES string of the molecule is N=C(N)c1cccc(O[C@@H]2CO[C@@H]3CCO[C@@H]32)c1. The molecule has 96 valence electrons. The Morgan fingerprint density at radius 1 is 1.39 bits per heavy atom. The number of rotatable bonds is 3. The van der Waals surface area contributed by atoms with Crippen LogP contribution in [0.5, 0.6) is 5.75 Å². The van der Waals surface area contributed by atoms with Crippen molar-refractivity contribution in [2.45, 2.75) is 24.7 Å². The first-order chi connectivity index (χ1) is 8.74. The summed E-state index contributed by atoms with van der Waals surface area (Å²) < 4.78 is 17.1. The minimum atomic E-state index is -0.0697. The summed E-state index contributed by atoms with van der Waals surface area (Å²) in [5, 5.41) is 7.41. The van der Waals surface area contributed by atoms with Crippen LogP contribution < -0.4 is 10.5 Å². The summed E-state index contributed by atoms with van der Waals surface area (Å²) in [5.41, 5.74) is 6.12. The van der Waals surface area contributed by atoms with Crippen molar-refractivity contribution in [3.63, 3.8) is 0 Å². The van der Waals surface area contributed by atoms with Gasteiger partial charge in [-0.2, -0.15) is 0 Å². The Morgan fingerprint density at radius 2 is 2.28 bits per heavy atom. The van der Waals surface area contributed by atoms with E-state index in [2.05, 4.69) is 0 Å². The van der Waals surface area contributed by atoms with Crippen LogP contribution in [0.4, 0.5) is 0 Å². The van der Waals surface area contributed by atoms with Crippen LogP contribution in [0.3, 0.4) is 0 Å². The van der Waals surface area contributed by atoms with E-state index in [1.165, 1.54) is 0 Å². The van der Waals surface area contributed by atoms with Gasteiger partial charge < -0.3 is 19.9 Å². The Balaban J connectivity index is 1.72. The normalized spacial score (nSPS) is 30.1. The molecule has 0 spiro atoms. The third-order valence-corrected chi connectivity index (χ3v) is 3.35. The summed E-state index contributed by atoms with van der Waals surface area (Å²) in [6, 6.07) is 7.24. The van der Waals surface area contributed by atoms with Crippen LogP contribution in [0.15, 0.2) is 24.3 Å². The fourth-order valence-electron chi connectivity index (χ4n) is 2.44. The molecule has 0 aromatic heterocycles. The quantitative estimate of drug-likeness (QED) is 0.615. The predicted molar refractivity (Wildman–Crippen MR) is 66.0 cm³/mol. The Hall–Kier alpha value is -1.59. The maximum absolute atomic E-state index is 7.41. The number of ether oxygens (including phenoxy) is 3. The van der Waals surface area contributed by atoms with Crippen LogP contribution >= 0.6 is 0 Å². The van der Waals surface area contributed by atoms with Gasteiger partial charge in [-0.05, 0) is 18.6 Å². The van der Waals surface area contributed by atoms with Gasteiger partial charge in [-0.3, -0.25) is 5.41 Å². The van der Waals surface area contributed by atoms with Crippen LogP contribution in [0.1, 0.15) is 12.0 Å². The van der Waals surface area contributed by atoms with Gasteiger partial charge in [0.2, 0.25) is 0 Å². The molecule has 1 aromatic carbocycles. The lowest BCUT2D eigenvalue weighted by Gasteiger charge is -2.18. The molecule has 2 saturated heterocycles. The number of nitrogens with two attached hydrogens (primary N) is 1. The van der Waals surface area contributed by atoms with E-state index in [1.807, 2.05) is 12.1 Å². The number of nitrogens with one attached hydrogen (secondary N) is 1. The van der Waals surface area contributed by atoms with Gasteiger partial charge >= 0.3 is 0 Å². The first-order valence-corrected chi connectivity index (χ1v) is 6.08. The fraction of sp³-hybridized carbons (Fsp3) is 0.462. The molecule has 0 amide bonds. The lowest BCUT2D eigenvalue weighted by atomic mass is 10.1. The van der Waals surface area contributed by atoms with Crippen molar-refractivity contribution < 1.29 is 14.2 Å². The molecule has 0 radical (unpaired) electrons. The molecule has 18 heavy (non-hydrogen) atoms. The number of hydrogen-bond donors (Lipinski definition) is 2. The lowest BCUT2D eigenvalue weighted by Crippen LogP contribution is -2.32. The van der Waals surface area contributed by atoms with Crippen molar-refractivity contribution in [2.75, 3.05) is 13.2 Å². The molecule has 2 heterocycles. The molecule has 0 saturated carbocycles. The highest BCUT2D eigenvalue weighted by Crippen LogP contribution is 2.29. The molecule has 5 heteroatoms. The number of benzene rings is 1. The molecule has 3 rings (SSSR count). The Bertz CT molecular complexity index is 463. The van der Waals surface area contributed by atoms with Crippen LogP contribution in [0.2, 0.25) is 0 Å². The molecular weight excluding hydrogens is 232 g/mol. The maximum atomic E-state index is 7.41. The Morgan fingerprint density at radius 3 is 3.11 bits per heavy atom. The summed E-state index contributed by atoms with van der Waals surface area (Å²) in [6.07, 6.45) is 1.08. The van der Waals surface area contributed by atoms with Crippen LogP contribution in [0, 0.1) is 5.41 Å². The van der Waals surface area contributed by atoms with Crippen molar-refractivity contribution >= 4 is 5.84 Å². The van der Waals surface area contributed by atoms with E-state index >= 15 is 0 Å². The molecule has 2 aliphatic rings. The second-order valence-corrected chi connectivity index (χ2v) is 4.59. The topological polar surface area (TPSA) is 77.6 Å². The largest absolute Gasteiger partial charge is 0.485 e. The van der Waals surface area contributed by atoms with Crippen molar-refractivity contribution in [1.82, 2.24) is 0 Å². The van der Waals surface area contributed by atoms with E-state index in [1.54, 1.807) is 12.1 Å². The third-order valence-electron chi connectivity index (χ3n) is 3.35. The van der Waals surface area contributed by atoms with Crippen LogP contribution in [-0.2, 0) is 9.47 Å². The van der Waals surface area contributed by atoms with Crippen LogP contribution in [-0.4, -0.2) is 37.4 Å². The van der Waals surface area contributed by atoms with Crippen molar-refractivity contribution in [1.29, 1.82) is 5.41 Å². The Kier molecular flexibility index (Phi) is 2.93. The van der Waals surface area contributed by atoms with Crippen molar-refractivity contribution in [2.24, 2.45) is 5.73 Å². The molecule has 2 fully saturated rings. The van der Waals surface area contributed by atoms with E-state index in [-0.39, 0.29) is 24.1 Å². The zero-order valence-corrected chi connectivity index (χ0v) is 9.96. The highest BCUT2D eigenvalue weighted by Gasteiger charge is 2.43. The molecule has 2 aliphatic heterocycles. The number of nitrogen functional groups attached to an aromatic ring is 1. The summed E-state index contributed by atoms with van der Waals surface area (Å²) in [4.78, 5) is 0. The van der Waals surface area contributed by atoms with E-state index in [9.17, 15) is 0 Å². The summed E-state index contributed by atoms with van der Waals surface area (Å²) >= 11 is 0. The smallest absolute Gasteiger partial charge is 0.150 e. The maximum Gasteiger partial charge on any atom is 0.150 e. The van der Waals surface area contributed by atoms with Gasteiger partial charge in [0, 0.05) is 12.2 Å². The van der Waals surface area contributed by atoms with Gasteiger partial charge in [0.1, 0.15) is 17.7 Å². The first kappa shape index (κ1) is 11.5. The van der Waals surface area contributed by atoms with Gasteiger partial charge in [0.15, 0.2) is 6.10 Å². The molecule has 1 aromatic rings. The third kappa shape index (κ3) is 2.07. The molecule has 3 atom stereocenters. The van der Waals surface area contributed by atoms with Gasteiger partial charge in [0.25, 0.3) is 0 Å². The first-order valence-electron chi connectivity index (χ1n) is 6.08. The average molecular weight is 248 g/mol. The second kappa shape index (κ2) is 4.59. The van der Waals surface area contributed by atoms with Gasteiger partial charge in [-0.25, -0.2) is 0 Å². The number of amidine groups is 1. The highest BCUT2D eigenvalue weighted by atomic mass is 16.6. The highest BCUT2D eigenvalue weighted by molar-refractivity contribution is 5.95. The minimum absolute atomic E-state index is 0.0333. The zero-order valence-electron chi connectivity index (χ0n) is 9.96. The van der Waals surface area contributed by atoms with Crippen molar-refractivity contribution in [3.05, 3.63) is 29.8 Å². The minimum Gasteiger partial charge on any atom is -0.485 e. The molecule has 0 unspecified atom stereocenters. The standard InChI is InChI=1S/C13H16N2O3/c14-13(15)8-2-1-3-9(6-8)18-11-7-17-10-4-5-16-12(10)11/h1-3,6,10-12H,4-5,7H2,(H3,14,15)/t10-,11-,12+/m1/s1. The molecule has 5 nitrogen and oxygen atoms in total. The molecular formula is C13H16N2O3. The number of hydrogen-bond acceptors (Lipinski definition) is 4.